The summed E-state index contributed by atoms with van der Waals surface area (Å²) in [6, 6.07) is 14.2. The maximum atomic E-state index is 12.1. The van der Waals surface area contributed by atoms with Crippen molar-refractivity contribution in [1.82, 2.24) is 20.3 Å². The molecule has 3 N–H and O–H groups in total. The highest BCUT2D eigenvalue weighted by atomic mass is 32.2. The predicted octanol–water partition coefficient (Wildman–Crippen LogP) is 1.86. The number of benzene rings is 1. The lowest BCUT2D eigenvalue weighted by Gasteiger charge is -2.34. The molecule has 29 heavy (non-hydrogen) atoms. The smallest absolute Gasteiger partial charge is 0.250 e. The van der Waals surface area contributed by atoms with Gasteiger partial charge in [0.1, 0.15) is 4.21 Å². The average Bonchev–Trinajstić information content (AvgIpc) is 3.27. The van der Waals surface area contributed by atoms with Gasteiger partial charge in [-0.1, -0.05) is 36.4 Å². The van der Waals surface area contributed by atoms with Crippen LogP contribution in [0.2, 0.25) is 0 Å². The first-order valence-electron chi connectivity index (χ1n) is 9.83. The molecule has 1 saturated heterocycles. The van der Waals surface area contributed by atoms with Gasteiger partial charge in [0.25, 0.3) is 0 Å². The first-order chi connectivity index (χ1) is 14.1. The van der Waals surface area contributed by atoms with Gasteiger partial charge in [-0.15, -0.1) is 11.3 Å². The fraction of sp³-hybridized carbons (Fsp3) is 0.450. The Morgan fingerprint density at radius 1 is 1.21 bits per heavy atom. The lowest BCUT2D eigenvalue weighted by atomic mass is 10.0. The van der Waals surface area contributed by atoms with Crippen LogP contribution in [0.15, 0.2) is 57.0 Å². The Morgan fingerprint density at radius 3 is 2.76 bits per heavy atom. The summed E-state index contributed by atoms with van der Waals surface area (Å²) in [5.74, 6) is 0.701. The summed E-state index contributed by atoms with van der Waals surface area (Å²) in [6.07, 6.45) is 2.24. The van der Waals surface area contributed by atoms with E-state index in [1.54, 1.807) is 24.6 Å². The summed E-state index contributed by atoms with van der Waals surface area (Å²) in [7, 11) is -1.69. The minimum atomic E-state index is -3.42. The van der Waals surface area contributed by atoms with Gasteiger partial charge in [0.2, 0.25) is 10.0 Å². The number of likely N-dealkylation sites (tertiary alicyclic amines) is 1. The van der Waals surface area contributed by atoms with Crippen molar-refractivity contribution in [3.63, 3.8) is 0 Å². The topological polar surface area (TPSA) is 85.8 Å². The van der Waals surface area contributed by atoms with Gasteiger partial charge in [-0.3, -0.25) is 9.89 Å². The second kappa shape index (κ2) is 10.7. The van der Waals surface area contributed by atoms with Crippen LogP contribution in [-0.2, 0) is 16.6 Å². The van der Waals surface area contributed by atoms with E-state index in [1.807, 2.05) is 6.07 Å². The zero-order valence-electron chi connectivity index (χ0n) is 16.7. The monoisotopic (exact) mass is 435 g/mol. The van der Waals surface area contributed by atoms with Crippen molar-refractivity contribution in [2.45, 2.75) is 29.6 Å². The molecule has 1 aliphatic heterocycles. The molecule has 0 aliphatic carbocycles. The van der Waals surface area contributed by atoms with E-state index >= 15 is 0 Å². The molecule has 0 radical (unpaired) electrons. The number of thiophene rings is 1. The van der Waals surface area contributed by atoms with E-state index in [0.29, 0.717) is 29.3 Å². The molecule has 0 saturated carbocycles. The van der Waals surface area contributed by atoms with Crippen molar-refractivity contribution in [2.75, 3.05) is 33.2 Å². The summed E-state index contributed by atoms with van der Waals surface area (Å²) in [5.41, 5.74) is 1.33. The lowest BCUT2D eigenvalue weighted by Crippen LogP contribution is -2.51. The highest BCUT2D eigenvalue weighted by Gasteiger charge is 2.21. The van der Waals surface area contributed by atoms with Crippen molar-refractivity contribution in [3.8, 4) is 0 Å². The van der Waals surface area contributed by atoms with Crippen LogP contribution in [0.4, 0.5) is 0 Å². The zero-order chi connectivity index (χ0) is 20.5. The lowest BCUT2D eigenvalue weighted by molar-refractivity contribution is 0.192. The zero-order valence-corrected chi connectivity index (χ0v) is 18.3. The third-order valence-electron chi connectivity index (χ3n) is 4.79. The predicted molar refractivity (Wildman–Crippen MR) is 119 cm³/mol. The quantitative estimate of drug-likeness (QED) is 0.335. The molecule has 2 heterocycles. The molecule has 1 atom stereocenters. The third kappa shape index (κ3) is 6.81. The largest absolute Gasteiger partial charge is 0.355 e. The summed E-state index contributed by atoms with van der Waals surface area (Å²) in [6.45, 7) is 3.77. The number of nitrogens with one attached hydrogen (secondary N) is 3. The SMILES string of the molecule is CN=C(NCCNS(=O)(=O)c1cccs1)NC1CCCN(Cc2ccccc2)C1. The van der Waals surface area contributed by atoms with Crippen LogP contribution in [0, 0.1) is 0 Å². The number of piperidine rings is 1. The van der Waals surface area contributed by atoms with Crippen molar-refractivity contribution in [3.05, 3.63) is 53.4 Å². The van der Waals surface area contributed by atoms with Crippen LogP contribution < -0.4 is 15.4 Å². The fourth-order valence-electron chi connectivity index (χ4n) is 3.40. The molecule has 1 aromatic carbocycles. The standard InChI is InChI=1S/C20H29N5O2S2/c1-21-20(22-11-12-23-29(26,27)19-10-6-14-28-19)24-18-9-5-13-25(16-18)15-17-7-3-2-4-8-17/h2-4,6-8,10,14,18,23H,5,9,11-13,15-16H2,1H3,(H2,21,22,24). The molecular weight excluding hydrogens is 406 g/mol. The second-order valence-electron chi connectivity index (χ2n) is 7.03. The molecule has 1 fully saturated rings. The Hall–Kier alpha value is -1.94. The number of hydrogen-bond acceptors (Lipinski definition) is 5. The molecule has 7 nitrogen and oxygen atoms in total. The molecule has 0 bridgehead atoms. The van der Waals surface area contributed by atoms with Crippen LogP contribution in [0.5, 0.6) is 0 Å². The van der Waals surface area contributed by atoms with Crippen LogP contribution in [0.1, 0.15) is 18.4 Å². The molecule has 2 aromatic rings. The van der Waals surface area contributed by atoms with E-state index in [0.717, 1.165) is 32.5 Å². The van der Waals surface area contributed by atoms with Gasteiger partial charge >= 0.3 is 0 Å². The highest BCUT2D eigenvalue weighted by molar-refractivity contribution is 7.91. The Labute approximate surface area is 177 Å². The van der Waals surface area contributed by atoms with Crippen molar-refractivity contribution in [1.29, 1.82) is 0 Å². The number of rotatable bonds is 8. The van der Waals surface area contributed by atoms with E-state index in [9.17, 15) is 8.42 Å². The van der Waals surface area contributed by atoms with Crippen LogP contribution in [0.25, 0.3) is 0 Å². The van der Waals surface area contributed by atoms with Crippen LogP contribution >= 0.6 is 11.3 Å². The van der Waals surface area contributed by atoms with E-state index in [1.165, 1.54) is 16.9 Å². The Balaban J connectivity index is 1.41. The number of sulfonamides is 1. The summed E-state index contributed by atoms with van der Waals surface area (Å²) < 4.78 is 27.2. The molecule has 1 unspecified atom stereocenters. The average molecular weight is 436 g/mol. The first kappa shape index (κ1) is 21.8. The number of hydrogen-bond donors (Lipinski definition) is 3. The summed E-state index contributed by atoms with van der Waals surface area (Å²) in [5, 5.41) is 8.42. The van der Waals surface area contributed by atoms with Gasteiger partial charge in [-0.05, 0) is 36.4 Å². The maximum absolute atomic E-state index is 12.1. The summed E-state index contributed by atoms with van der Waals surface area (Å²) in [4.78, 5) is 6.73. The van der Waals surface area contributed by atoms with Gasteiger partial charge in [-0.25, -0.2) is 13.1 Å². The van der Waals surface area contributed by atoms with E-state index in [2.05, 4.69) is 49.5 Å². The van der Waals surface area contributed by atoms with Crippen molar-refractivity contribution < 1.29 is 8.42 Å². The van der Waals surface area contributed by atoms with Gasteiger partial charge < -0.3 is 10.6 Å². The highest BCUT2D eigenvalue weighted by Crippen LogP contribution is 2.15. The molecule has 0 amide bonds. The van der Waals surface area contributed by atoms with E-state index in [-0.39, 0.29) is 0 Å². The molecule has 158 valence electrons. The van der Waals surface area contributed by atoms with E-state index in [4.69, 9.17) is 0 Å². The van der Waals surface area contributed by atoms with Crippen LogP contribution in [-0.4, -0.2) is 58.5 Å². The van der Waals surface area contributed by atoms with Crippen LogP contribution in [0.3, 0.4) is 0 Å². The molecule has 9 heteroatoms. The fourth-order valence-corrected chi connectivity index (χ4v) is 5.47. The number of guanidine groups is 1. The van der Waals surface area contributed by atoms with Gasteiger partial charge in [0, 0.05) is 39.3 Å². The summed E-state index contributed by atoms with van der Waals surface area (Å²) >= 11 is 1.21. The number of aliphatic imine (C=N–C) groups is 1. The normalized spacial score (nSPS) is 18.5. The minimum absolute atomic E-state index is 0.297. The molecule has 1 aliphatic rings. The Bertz CT molecular complexity index is 870. The molecule has 3 rings (SSSR count). The van der Waals surface area contributed by atoms with Crippen molar-refractivity contribution in [2.24, 2.45) is 4.99 Å². The van der Waals surface area contributed by atoms with Gasteiger partial charge in [0.05, 0.1) is 0 Å². The maximum Gasteiger partial charge on any atom is 0.250 e. The first-order valence-corrected chi connectivity index (χ1v) is 12.2. The number of nitrogens with zero attached hydrogens (tertiary/aromatic N) is 2. The van der Waals surface area contributed by atoms with Gasteiger partial charge in [0.15, 0.2) is 5.96 Å². The second-order valence-corrected chi connectivity index (χ2v) is 9.97. The minimum Gasteiger partial charge on any atom is -0.355 e. The molecule has 1 aromatic heterocycles. The Kier molecular flexibility index (Phi) is 8.05. The Morgan fingerprint density at radius 2 is 2.03 bits per heavy atom. The van der Waals surface area contributed by atoms with Crippen molar-refractivity contribution >= 4 is 27.3 Å². The van der Waals surface area contributed by atoms with Gasteiger partial charge in [-0.2, -0.15) is 0 Å². The molecule has 0 spiro atoms. The van der Waals surface area contributed by atoms with E-state index < -0.39 is 10.0 Å². The molecular formula is C20H29N5O2S2. The third-order valence-corrected chi connectivity index (χ3v) is 7.65.